The molecule has 1 aromatic carbocycles. The molecule has 0 bridgehead atoms. The lowest BCUT2D eigenvalue weighted by molar-refractivity contribution is -0.137. The summed E-state index contributed by atoms with van der Waals surface area (Å²) in [4.78, 5) is 4.28. The molecule has 2 heterocycles. The summed E-state index contributed by atoms with van der Waals surface area (Å²) in [6, 6.07) is 10.5. The number of pyridine rings is 1. The second-order valence-electron chi connectivity index (χ2n) is 4.66. The maximum Gasteiger partial charge on any atom is 0.418 e. The summed E-state index contributed by atoms with van der Waals surface area (Å²) in [6.45, 7) is 1.73. The highest BCUT2D eigenvalue weighted by Gasteiger charge is 2.33. The van der Waals surface area contributed by atoms with Gasteiger partial charge in [0.2, 0.25) is 0 Å². The Balaban J connectivity index is 2.06. The minimum atomic E-state index is -4.47. The average Bonchev–Trinajstić information content (AvgIpc) is 2.80. The van der Waals surface area contributed by atoms with Gasteiger partial charge < -0.3 is 0 Å². The topological polar surface area (TPSA) is 42.0 Å². The minimum absolute atomic E-state index is 0.222. The molecule has 3 aromatic rings. The molecule has 0 aliphatic rings. The number of aromatic nitrogens is 2. The van der Waals surface area contributed by atoms with E-state index in [0.29, 0.717) is 17.2 Å². The van der Waals surface area contributed by atoms with Crippen LogP contribution in [0.2, 0.25) is 0 Å². The van der Waals surface area contributed by atoms with Gasteiger partial charge in [-0.05, 0) is 31.2 Å². The summed E-state index contributed by atoms with van der Waals surface area (Å²) < 4.78 is 40.5. The van der Waals surface area contributed by atoms with Crippen molar-refractivity contribution in [3.63, 3.8) is 0 Å². The van der Waals surface area contributed by atoms with Gasteiger partial charge in [-0.2, -0.15) is 13.2 Å². The van der Waals surface area contributed by atoms with Gasteiger partial charge in [-0.3, -0.25) is 4.40 Å². The number of benzene rings is 1. The predicted molar refractivity (Wildman–Crippen MR) is 75.5 cm³/mol. The number of hydrogen-bond donors (Lipinski definition) is 0. The normalized spacial score (nSPS) is 12.4. The van der Waals surface area contributed by atoms with E-state index in [4.69, 9.17) is 0 Å². The van der Waals surface area contributed by atoms with Gasteiger partial charge in [0.1, 0.15) is 5.65 Å². The Kier molecular flexibility index (Phi) is 3.40. The monoisotopic (exact) mass is 304 g/mol. The number of fused-ring (bicyclic) bond motifs is 1. The predicted octanol–water partition coefficient (Wildman–Crippen LogP) is 5.08. The zero-order chi connectivity index (χ0) is 15.7. The van der Waals surface area contributed by atoms with Crippen molar-refractivity contribution in [2.75, 3.05) is 0 Å². The highest BCUT2D eigenvalue weighted by Crippen LogP contribution is 2.36. The first-order chi connectivity index (χ1) is 10.5. The van der Waals surface area contributed by atoms with Gasteiger partial charge in [-0.1, -0.05) is 18.2 Å². The Hall–Kier alpha value is -2.70. The van der Waals surface area contributed by atoms with Crippen molar-refractivity contribution in [3.8, 4) is 0 Å². The molecule has 0 spiro atoms. The molecule has 0 aliphatic carbocycles. The maximum absolute atomic E-state index is 12.9. The van der Waals surface area contributed by atoms with Crippen LogP contribution in [0.25, 0.3) is 5.65 Å². The van der Waals surface area contributed by atoms with Gasteiger partial charge in [-0.25, -0.2) is 4.98 Å². The molecule has 0 amide bonds. The van der Waals surface area contributed by atoms with Gasteiger partial charge in [0.25, 0.3) is 0 Å². The number of halogens is 3. The minimum Gasteiger partial charge on any atom is -0.283 e. The number of rotatable bonds is 2. The number of hydrogen-bond acceptors (Lipinski definition) is 3. The van der Waals surface area contributed by atoms with E-state index in [9.17, 15) is 13.2 Å². The number of aryl methyl sites for hydroxylation is 1. The van der Waals surface area contributed by atoms with E-state index in [1.807, 2.05) is 6.07 Å². The van der Waals surface area contributed by atoms with Gasteiger partial charge in [0.05, 0.1) is 16.9 Å². The summed E-state index contributed by atoms with van der Waals surface area (Å²) in [7, 11) is 0. The van der Waals surface area contributed by atoms with Crippen LogP contribution in [0.5, 0.6) is 0 Å². The lowest BCUT2D eigenvalue weighted by Gasteiger charge is -2.08. The van der Waals surface area contributed by atoms with Gasteiger partial charge in [0, 0.05) is 6.20 Å². The molecule has 2 aromatic heterocycles. The molecule has 4 nitrogen and oxygen atoms in total. The molecule has 0 saturated heterocycles. The third kappa shape index (κ3) is 2.57. The highest BCUT2D eigenvalue weighted by molar-refractivity contribution is 5.52. The summed E-state index contributed by atoms with van der Waals surface area (Å²) in [5, 5.41) is 7.73. The molecule has 22 heavy (non-hydrogen) atoms. The van der Waals surface area contributed by atoms with Crippen molar-refractivity contribution in [3.05, 3.63) is 59.9 Å². The van der Waals surface area contributed by atoms with Crippen LogP contribution >= 0.6 is 0 Å². The van der Waals surface area contributed by atoms with Gasteiger partial charge in [-0.15, -0.1) is 10.2 Å². The van der Waals surface area contributed by atoms with E-state index in [-0.39, 0.29) is 5.69 Å². The van der Waals surface area contributed by atoms with Crippen molar-refractivity contribution in [1.29, 1.82) is 0 Å². The Morgan fingerprint density at radius 1 is 1.00 bits per heavy atom. The largest absolute Gasteiger partial charge is 0.418 e. The molecular weight excluding hydrogens is 293 g/mol. The zero-order valence-corrected chi connectivity index (χ0v) is 11.5. The van der Waals surface area contributed by atoms with E-state index in [0.717, 1.165) is 6.07 Å². The van der Waals surface area contributed by atoms with Gasteiger partial charge >= 0.3 is 6.18 Å². The van der Waals surface area contributed by atoms with Crippen molar-refractivity contribution in [2.45, 2.75) is 13.1 Å². The SMILES string of the molecule is Cc1nc2ccccn2c1N=Nc1ccccc1C(F)(F)F. The van der Waals surface area contributed by atoms with Crippen molar-refractivity contribution in [2.24, 2.45) is 10.2 Å². The molecule has 7 heteroatoms. The smallest absolute Gasteiger partial charge is 0.283 e. The lowest BCUT2D eigenvalue weighted by atomic mass is 10.2. The van der Waals surface area contributed by atoms with Crippen LogP contribution in [0, 0.1) is 6.92 Å². The highest BCUT2D eigenvalue weighted by atomic mass is 19.4. The van der Waals surface area contributed by atoms with Crippen molar-refractivity contribution < 1.29 is 13.2 Å². The van der Waals surface area contributed by atoms with Crippen LogP contribution in [-0.4, -0.2) is 9.38 Å². The Morgan fingerprint density at radius 2 is 1.73 bits per heavy atom. The van der Waals surface area contributed by atoms with Crippen LogP contribution in [0.3, 0.4) is 0 Å². The molecule has 0 atom stereocenters. The lowest BCUT2D eigenvalue weighted by Crippen LogP contribution is -2.04. The molecular formula is C15H11F3N4. The summed E-state index contributed by atoms with van der Waals surface area (Å²) in [6.07, 6.45) is -2.73. The molecule has 0 radical (unpaired) electrons. The average molecular weight is 304 g/mol. The van der Waals surface area contributed by atoms with Crippen LogP contribution < -0.4 is 0 Å². The number of imidazole rings is 1. The third-order valence-corrected chi connectivity index (χ3v) is 3.13. The Labute approximate surface area is 123 Å². The van der Waals surface area contributed by atoms with Gasteiger partial charge in [0.15, 0.2) is 5.82 Å². The fraction of sp³-hybridized carbons (Fsp3) is 0.133. The fourth-order valence-corrected chi connectivity index (χ4v) is 2.12. The molecule has 0 fully saturated rings. The van der Waals surface area contributed by atoms with Crippen LogP contribution in [0.1, 0.15) is 11.3 Å². The van der Waals surface area contributed by atoms with Crippen LogP contribution in [-0.2, 0) is 6.18 Å². The molecule has 0 aliphatic heterocycles. The Morgan fingerprint density at radius 3 is 2.50 bits per heavy atom. The zero-order valence-electron chi connectivity index (χ0n) is 11.5. The van der Waals surface area contributed by atoms with E-state index >= 15 is 0 Å². The van der Waals surface area contributed by atoms with Crippen molar-refractivity contribution in [1.82, 2.24) is 9.38 Å². The number of alkyl halides is 3. The summed E-state index contributed by atoms with van der Waals surface area (Å²) in [5.41, 5.74) is 0.225. The quantitative estimate of drug-likeness (QED) is 0.609. The molecule has 0 N–H and O–H groups in total. The van der Waals surface area contributed by atoms with E-state index < -0.39 is 11.7 Å². The second kappa shape index (κ2) is 5.25. The molecule has 0 unspecified atom stereocenters. The first-order valence-corrected chi connectivity index (χ1v) is 6.48. The van der Waals surface area contributed by atoms with E-state index in [1.54, 1.807) is 29.7 Å². The Bertz CT molecular complexity index is 849. The van der Waals surface area contributed by atoms with Crippen LogP contribution in [0.4, 0.5) is 24.7 Å². The standard InChI is InChI=1S/C15H11F3N4/c1-10-14(22-9-5-4-8-13(22)19-10)21-20-12-7-3-2-6-11(12)15(16,17)18/h2-9H,1H3. The number of azo groups is 1. The first-order valence-electron chi connectivity index (χ1n) is 6.48. The second-order valence-corrected chi connectivity index (χ2v) is 4.66. The van der Waals surface area contributed by atoms with E-state index in [2.05, 4.69) is 15.2 Å². The van der Waals surface area contributed by atoms with Crippen molar-refractivity contribution >= 4 is 17.2 Å². The van der Waals surface area contributed by atoms with Crippen LogP contribution in [0.15, 0.2) is 58.9 Å². The number of nitrogens with zero attached hydrogens (tertiary/aromatic N) is 4. The first kappa shape index (κ1) is 14.2. The maximum atomic E-state index is 12.9. The summed E-state index contributed by atoms with van der Waals surface area (Å²) >= 11 is 0. The summed E-state index contributed by atoms with van der Waals surface area (Å²) in [5.74, 6) is 0.410. The fourth-order valence-electron chi connectivity index (χ4n) is 2.12. The molecule has 0 saturated carbocycles. The third-order valence-electron chi connectivity index (χ3n) is 3.13. The van der Waals surface area contributed by atoms with E-state index in [1.165, 1.54) is 18.2 Å². The molecule has 112 valence electrons. The molecule has 3 rings (SSSR count).